The number of carbonyl (C=O) groups is 2. The number of hydrogen-bond acceptors (Lipinski definition) is 5. The molecule has 1 aliphatic heterocycles. The van der Waals surface area contributed by atoms with Crippen molar-refractivity contribution in [3.05, 3.63) is 0 Å². The van der Waals surface area contributed by atoms with Gasteiger partial charge in [0.15, 0.2) is 0 Å². The monoisotopic (exact) mass is 415 g/mol. The maximum atomic E-state index is 13.1. The van der Waals surface area contributed by atoms with E-state index in [1.807, 2.05) is 20.8 Å². The van der Waals surface area contributed by atoms with Crippen LogP contribution in [0.5, 0.6) is 0 Å². The van der Waals surface area contributed by atoms with Crippen molar-refractivity contribution in [3.63, 3.8) is 0 Å². The van der Waals surface area contributed by atoms with Crippen LogP contribution in [0.1, 0.15) is 81.6 Å². The molecule has 0 radical (unpaired) electrons. The van der Waals surface area contributed by atoms with Gasteiger partial charge in [-0.1, -0.05) is 34.6 Å². The molecule has 1 fully saturated rings. The van der Waals surface area contributed by atoms with E-state index in [2.05, 4.69) is 34.6 Å². The van der Waals surface area contributed by atoms with Gasteiger partial charge in [0.25, 0.3) is 0 Å². The van der Waals surface area contributed by atoms with Crippen molar-refractivity contribution in [2.45, 2.75) is 92.9 Å². The van der Waals surface area contributed by atoms with Crippen LogP contribution in [0, 0.1) is 16.7 Å². The second-order valence-corrected chi connectivity index (χ2v) is 10.8. The minimum Gasteiger partial charge on any atom is -0.466 e. The minimum atomic E-state index is -0.786. The van der Waals surface area contributed by atoms with E-state index in [0.717, 1.165) is 0 Å². The Bertz CT molecular complexity index is 564. The van der Waals surface area contributed by atoms with Crippen molar-refractivity contribution >= 4 is 22.5 Å². The Balaban J connectivity index is 3.24. The lowest BCUT2D eigenvalue weighted by atomic mass is 9.63. The second kappa shape index (κ2) is 8.74. The van der Waals surface area contributed by atoms with Crippen molar-refractivity contribution in [3.8, 4) is 0 Å². The summed E-state index contributed by atoms with van der Waals surface area (Å²) in [6, 6.07) is 0. The Labute approximate surface area is 174 Å². The molecular weight excluding hydrogens is 374 g/mol. The van der Waals surface area contributed by atoms with Crippen LogP contribution >= 0.6 is 0 Å². The zero-order valence-corrected chi connectivity index (χ0v) is 21.6. The molecule has 0 spiro atoms. The van der Waals surface area contributed by atoms with Gasteiger partial charge in [-0.3, -0.25) is 9.69 Å². The maximum absolute atomic E-state index is 13.1. The van der Waals surface area contributed by atoms with Crippen molar-refractivity contribution in [1.82, 2.24) is 4.90 Å². The Morgan fingerprint density at radius 1 is 1.14 bits per heavy atom. The molecule has 2 atom stereocenters. The number of ether oxygens (including phenoxy) is 2. The standard InChI is InChI=1S/C21H41NO5Si/c1-10-25-16(23)12-11-13-21(27-28)20(8,9)15(18(2,3)4)14-22(21)17(24)26-19(5,6)7/h15H,10-14H2,1-9,28H3/t15-,21-/m1/s1. The normalized spacial score (nSPS) is 25.0. The van der Waals surface area contributed by atoms with Gasteiger partial charge >= 0.3 is 12.1 Å². The number of likely N-dealkylation sites (tertiary alicyclic amines) is 1. The highest BCUT2D eigenvalue weighted by Gasteiger charge is 2.63. The lowest BCUT2D eigenvalue weighted by Crippen LogP contribution is -2.57. The van der Waals surface area contributed by atoms with E-state index in [1.54, 1.807) is 11.8 Å². The SMILES string of the molecule is CCOC(=O)CCC[C@]1(O[SiH3])N(C(=O)OC(C)(C)C)C[C@H](C(C)(C)C)C1(C)C. The van der Waals surface area contributed by atoms with Crippen LogP contribution in [-0.4, -0.2) is 51.9 Å². The van der Waals surface area contributed by atoms with Gasteiger partial charge in [-0.15, -0.1) is 0 Å². The van der Waals surface area contributed by atoms with Crippen LogP contribution in [-0.2, 0) is 18.7 Å². The number of hydrogen-bond donors (Lipinski definition) is 0. The third kappa shape index (κ3) is 5.29. The molecule has 6 nitrogen and oxygen atoms in total. The van der Waals surface area contributed by atoms with E-state index in [0.29, 0.717) is 42.9 Å². The van der Waals surface area contributed by atoms with Crippen LogP contribution < -0.4 is 0 Å². The van der Waals surface area contributed by atoms with Crippen LogP contribution in [0.25, 0.3) is 0 Å². The van der Waals surface area contributed by atoms with E-state index in [1.165, 1.54) is 0 Å². The average Bonchev–Trinajstić information content (AvgIpc) is 2.73. The molecule has 0 bridgehead atoms. The molecule has 0 unspecified atom stereocenters. The Kier molecular flexibility index (Phi) is 7.79. The smallest absolute Gasteiger partial charge is 0.412 e. The molecule has 0 saturated carbocycles. The van der Waals surface area contributed by atoms with E-state index in [4.69, 9.17) is 13.9 Å². The summed E-state index contributed by atoms with van der Waals surface area (Å²) in [5.41, 5.74) is -1.67. The van der Waals surface area contributed by atoms with Gasteiger partial charge in [0, 0.05) is 18.4 Å². The fraction of sp³-hybridized carbons (Fsp3) is 0.905. The molecule has 0 aliphatic carbocycles. The lowest BCUT2D eigenvalue weighted by Gasteiger charge is -2.48. The fourth-order valence-corrected chi connectivity index (χ4v) is 5.66. The van der Waals surface area contributed by atoms with Gasteiger partial charge in [-0.05, 0) is 51.9 Å². The predicted octanol–water partition coefficient (Wildman–Crippen LogP) is 3.65. The molecule has 0 aromatic rings. The lowest BCUT2D eigenvalue weighted by molar-refractivity contribution is -0.145. The van der Waals surface area contributed by atoms with Gasteiger partial charge in [-0.25, -0.2) is 4.79 Å². The third-order valence-corrected chi connectivity index (χ3v) is 6.55. The quantitative estimate of drug-likeness (QED) is 0.489. The summed E-state index contributed by atoms with van der Waals surface area (Å²) in [6.45, 7) is 19.3. The van der Waals surface area contributed by atoms with E-state index in [-0.39, 0.29) is 28.8 Å². The number of esters is 1. The van der Waals surface area contributed by atoms with Crippen molar-refractivity contribution < 1.29 is 23.5 Å². The number of rotatable bonds is 6. The molecule has 164 valence electrons. The zero-order chi connectivity index (χ0) is 22.0. The van der Waals surface area contributed by atoms with Gasteiger partial charge < -0.3 is 13.9 Å². The summed E-state index contributed by atoms with van der Waals surface area (Å²) in [4.78, 5) is 26.8. The molecule has 7 heteroatoms. The molecule has 0 N–H and O–H groups in total. The Morgan fingerprint density at radius 3 is 2.14 bits per heavy atom. The topological polar surface area (TPSA) is 65.1 Å². The summed E-state index contributed by atoms with van der Waals surface area (Å²) in [6.07, 6.45) is 1.15. The van der Waals surface area contributed by atoms with Crippen LogP contribution in [0.2, 0.25) is 0 Å². The zero-order valence-electron chi connectivity index (χ0n) is 19.6. The first kappa shape index (κ1) is 25.0. The highest BCUT2D eigenvalue weighted by molar-refractivity contribution is 5.98. The van der Waals surface area contributed by atoms with Crippen LogP contribution in [0.3, 0.4) is 0 Å². The molecule has 0 aromatic carbocycles. The summed E-state index contributed by atoms with van der Waals surface area (Å²) in [7, 11) is 0.479. The second-order valence-electron chi connectivity index (χ2n) is 10.4. The molecule has 28 heavy (non-hydrogen) atoms. The summed E-state index contributed by atoms with van der Waals surface area (Å²) in [5, 5.41) is 0. The van der Waals surface area contributed by atoms with Gasteiger partial charge in [0.05, 0.1) is 6.61 Å². The van der Waals surface area contributed by atoms with Gasteiger partial charge in [-0.2, -0.15) is 0 Å². The van der Waals surface area contributed by atoms with E-state index in [9.17, 15) is 9.59 Å². The van der Waals surface area contributed by atoms with Gasteiger partial charge in [0.1, 0.15) is 21.8 Å². The molecule has 1 amide bonds. The highest BCUT2D eigenvalue weighted by Crippen LogP contribution is 2.57. The maximum Gasteiger partial charge on any atom is 0.412 e. The Morgan fingerprint density at radius 2 is 1.71 bits per heavy atom. The first-order valence-corrected chi connectivity index (χ1v) is 11.2. The molecule has 1 rings (SSSR count). The largest absolute Gasteiger partial charge is 0.466 e. The first-order valence-electron chi connectivity index (χ1n) is 10.3. The van der Waals surface area contributed by atoms with Crippen molar-refractivity contribution in [2.24, 2.45) is 16.7 Å². The number of amides is 1. The van der Waals surface area contributed by atoms with E-state index >= 15 is 0 Å². The van der Waals surface area contributed by atoms with Crippen LogP contribution in [0.15, 0.2) is 0 Å². The molecule has 1 saturated heterocycles. The molecule has 1 heterocycles. The molecule has 0 aromatic heterocycles. The Hall–Kier alpha value is -1.08. The fourth-order valence-electron chi connectivity index (χ4n) is 4.71. The minimum absolute atomic E-state index is 0.00720. The summed E-state index contributed by atoms with van der Waals surface area (Å²) >= 11 is 0. The highest BCUT2D eigenvalue weighted by atomic mass is 28.2. The summed E-state index contributed by atoms with van der Waals surface area (Å²) in [5.74, 6) is 0.0158. The van der Waals surface area contributed by atoms with E-state index < -0.39 is 11.3 Å². The molecule has 1 aliphatic rings. The van der Waals surface area contributed by atoms with Crippen molar-refractivity contribution in [1.29, 1.82) is 0 Å². The molecular formula is C21H41NO5Si. The average molecular weight is 416 g/mol. The predicted molar refractivity (Wildman–Crippen MR) is 114 cm³/mol. The van der Waals surface area contributed by atoms with Crippen LogP contribution in [0.4, 0.5) is 4.79 Å². The number of carbonyl (C=O) groups excluding carboxylic acids is 2. The van der Waals surface area contributed by atoms with Gasteiger partial charge in [0.2, 0.25) is 0 Å². The first-order chi connectivity index (χ1) is 12.6. The third-order valence-electron chi connectivity index (χ3n) is 5.88. The summed E-state index contributed by atoms with van der Waals surface area (Å²) < 4.78 is 17.0. The number of nitrogens with zero attached hydrogens (tertiary/aromatic N) is 1. The van der Waals surface area contributed by atoms with Crippen molar-refractivity contribution in [2.75, 3.05) is 13.2 Å².